The van der Waals surface area contributed by atoms with Crippen LogP contribution in [-0.2, 0) is 0 Å². The number of H-pyrrole nitrogens is 1. The second-order valence-electron chi connectivity index (χ2n) is 6.28. The Morgan fingerprint density at radius 3 is 2.59 bits per heavy atom. The number of anilines is 2. The van der Waals surface area contributed by atoms with E-state index in [9.17, 15) is 14.0 Å². The molecule has 4 aromatic rings. The van der Waals surface area contributed by atoms with Crippen molar-refractivity contribution >= 4 is 28.2 Å². The Labute approximate surface area is 164 Å². The Kier molecular flexibility index (Phi) is 4.74. The first-order valence-corrected chi connectivity index (χ1v) is 8.79. The van der Waals surface area contributed by atoms with Crippen LogP contribution in [-0.4, -0.2) is 27.9 Å². The number of hydrogen-bond acceptors (Lipinski definition) is 5. The molecule has 0 unspecified atom stereocenters. The number of fused-ring (bicyclic) bond motifs is 1. The van der Waals surface area contributed by atoms with Gasteiger partial charge in [-0.15, -0.1) is 0 Å². The zero-order valence-corrected chi connectivity index (χ0v) is 15.4. The molecule has 0 aliphatic heterocycles. The van der Waals surface area contributed by atoms with Crippen LogP contribution in [0.25, 0.3) is 22.0 Å². The smallest absolute Gasteiger partial charge is 0.259 e. The zero-order chi connectivity index (χ0) is 20.4. The third-order valence-electron chi connectivity index (χ3n) is 4.41. The molecule has 0 fully saturated rings. The van der Waals surface area contributed by atoms with E-state index in [0.717, 1.165) is 0 Å². The first-order valence-electron chi connectivity index (χ1n) is 8.79. The standard InChI is InChI=1S/C21H16FN5O2/c1-23-20(28)12-2-5-15(6-3-12)26-19-18-13(8-9-24-21(18)29)10-16(27-19)14-4-7-17(22)25-11-14/h2-11H,1H3,(H,23,28)(H,24,29)(H,26,27). The van der Waals surface area contributed by atoms with E-state index in [4.69, 9.17) is 0 Å². The predicted octanol–water partition coefficient (Wildman–Crippen LogP) is 3.23. The van der Waals surface area contributed by atoms with E-state index in [-0.39, 0.29) is 11.5 Å². The largest absolute Gasteiger partial charge is 0.355 e. The molecule has 0 atom stereocenters. The molecule has 3 aromatic heterocycles. The Morgan fingerprint density at radius 2 is 1.90 bits per heavy atom. The second-order valence-corrected chi connectivity index (χ2v) is 6.28. The molecule has 0 aliphatic rings. The van der Waals surface area contributed by atoms with Gasteiger partial charge in [-0.05, 0) is 53.9 Å². The topological polar surface area (TPSA) is 99.8 Å². The molecule has 8 heteroatoms. The maximum atomic E-state index is 13.2. The van der Waals surface area contributed by atoms with Crippen molar-refractivity contribution in [3.63, 3.8) is 0 Å². The summed E-state index contributed by atoms with van der Waals surface area (Å²) in [5.41, 5.74) is 2.04. The number of rotatable bonds is 4. The molecule has 0 aliphatic carbocycles. The molecule has 0 saturated carbocycles. The number of nitrogens with one attached hydrogen (secondary N) is 3. The summed E-state index contributed by atoms with van der Waals surface area (Å²) in [4.78, 5) is 35.0. The Balaban J connectivity index is 1.80. The average molecular weight is 389 g/mol. The summed E-state index contributed by atoms with van der Waals surface area (Å²) in [6, 6.07) is 13.1. The van der Waals surface area contributed by atoms with Crippen LogP contribution < -0.4 is 16.2 Å². The normalized spacial score (nSPS) is 10.7. The summed E-state index contributed by atoms with van der Waals surface area (Å²) in [5, 5.41) is 6.76. The summed E-state index contributed by atoms with van der Waals surface area (Å²) in [5.74, 6) is -0.431. The van der Waals surface area contributed by atoms with Crippen LogP contribution in [0, 0.1) is 5.95 Å². The summed E-state index contributed by atoms with van der Waals surface area (Å²) in [6.07, 6.45) is 2.94. The molecule has 0 spiro atoms. The highest BCUT2D eigenvalue weighted by molar-refractivity contribution is 5.96. The van der Waals surface area contributed by atoms with Crippen LogP contribution in [0.3, 0.4) is 0 Å². The molecule has 1 amide bonds. The Bertz CT molecular complexity index is 1250. The van der Waals surface area contributed by atoms with Crippen LogP contribution >= 0.6 is 0 Å². The minimum absolute atomic E-state index is 0.192. The van der Waals surface area contributed by atoms with Gasteiger partial charge in [0, 0.05) is 36.3 Å². The average Bonchev–Trinajstić information content (AvgIpc) is 2.74. The fourth-order valence-corrected chi connectivity index (χ4v) is 2.97. The molecule has 0 saturated heterocycles. The number of halogens is 1. The minimum atomic E-state index is -0.583. The summed E-state index contributed by atoms with van der Waals surface area (Å²) in [6.45, 7) is 0. The van der Waals surface area contributed by atoms with Crippen LogP contribution in [0.2, 0.25) is 0 Å². The van der Waals surface area contributed by atoms with E-state index >= 15 is 0 Å². The fraction of sp³-hybridized carbons (Fsp3) is 0.0476. The first-order chi connectivity index (χ1) is 14.0. The number of aromatic nitrogens is 3. The number of benzene rings is 1. The molecule has 29 heavy (non-hydrogen) atoms. The van der Waals surface area contributed by atoms with E-state index < -0.39 is 5.95 Å². The van der Waals surface area contributed by atoms with Crippen molar-refractivity contribution in [2.75, 3.05) is 12.4 Å². The molecule has 3 N–H and O–H groups in total. The van der Waals surface area contributed by atoms with Crippen molar-refractivity contribution in [1.82, 2.24) is 20.3 Å². The van der Waals surface area contributed by atoms with Crippen molar-refractivity contribution < 1.29 is 9.18 Å². The Morgan fingerprint density at radius 1 is 1.10 bits per heavy atom. The van der Waals surface area contributed by atoms with Gasteiger partial charge in [0.15, 0.2) is 0 Å². The van der Waals surface area contributed by atoms with Gasteiger partial charge in [0.2, 0.25) is 5.95 Å². The van der Waals surface area contributed by atoms with Gasteiger partial charge in [0.1, 0.15) is 5.82 Å². The molecule has 1 aromatic carbocycles. The maximum absolute atomic E-state index is 13.2. The molecule has 3 heterocycles. The molecular weight excluding hydrogens is 373 g/mol. The number of carbonyl (C=O) groups is 1. The predicted molar refractivity (Wildman–Crippen MR) is 109 cm³/mol. The first kappa shape index (κ1) is 18.3. The molecular formula is C21H16FN5O2. The van der Waals surface area contributed by atoms with Crippen molar-refractivity contribution in [1.29, 1.82) is 0 Å². The minimum Gasteiger partial charge on any atom is -0.355 e. The Hall–Kier alpha value is -4.07. The number of carbonyl (C=O) groups excluding carboxylic acids is 1. The van der Waals surface area contributed by atoms with Crippen LogP contribution in [0.15, 0.2) is 65.7 Å². The fourth-order valence-electron chi connectivity index (χ4n) is 2.97. The lowest BCUT2D eigenvalue weighted by atomic mass is 10.1. The SMILES string of the molecule is CNC(=O)c1ccc(Nc2nc(-c3ccc(F)nc3)cc3cc[nH]c(=O)c23)cc1. The second kappa shape index (κ2) is 7.51. The monoisotopic (exact) mass is 389 g/mol. The van der Waals surface area contributed by atoms with Gasteiger partial charge in [-0.3, -0.25) is 9.59 Å². The lowest BCUT2D eigenvalue weighted by Crippen LogP contribution is -2.17. The lowest BCUT2D eigenvalue weighted by Gasteiger charge is -2.11. The van der Waals surface area contributed by atoms with Crippen LogP contribution in [0.5, 0.6) is 0 Å². The van der Waals surface area contributed by atoms with Gasteiger partial charge < -0.3 is 15.6 Å². The molecule has 0 radical (unpaired) electrons. The van der Waals surface area contributed by atoms with Gasteiger partial charge in [0.25, 0.3) is 11.5 Å². The third kappa shape index (κ3) is 3.68. The van der Waals surface area contributed by atoms with Crippen molar-refractivity contribution in [2.45, 2.75) is 0 Å². The number of pyridine rings is 3. The van der Waals surface area contributed by atoms with Gasteiger partial charge in [-0.25, -0.2) is 9.97 Å². The van der Waals surface area contributed by atoms with E-state index in [1.807, 2.05) is 0 Å². The zero-order valence-electron chi connectivity index (χ0n) is 15.4. The highest BCUT2D eigenvalue weighted by Crippen LogP contribution is 2.27. The molecule has 7 nitrogen and oxygen atoms in total. The van der Waals surface area contributed by atoms with E-state index in [1.54, 1.807) is 55.7 Å². The van der Waals surface area contributed by atoms with Crippen molar-refractivity contribution in [3.05, 3.63) is 82.8 Å². The van der Waals surface area contributed by atoms with Crippen LogP contribution in [0.4, 0.5) is 15.9 Å². The summed E-state index contributed by atoms with van der Waals surface area (Å²) < 4.78 is 13.2. The van der Waals surface area contributed by atoms with Gasteiger partial charge in [0.05, 0.1) is 11.1 Å². The van der Waals surface area contributed by atoms with Crippen molar-refractivity contribution in [2.24, 2.45) is 0 Å². The van der Waals surface area contributed by atoms with E-state index in [1.165, 1.54) is 12.3 Å². The highest BCUT2D eigenvalue weighted by atomic mass is 19.1. The highest BCUT2D eigenvalue weighted by Gasteiger charge is 2.12. The number of nitrogens with zero attached hydrogens (tertiary/aromatic N) is 2. The number of hydrogen-bond donors (Lipinski definition) is 3. The van der Waals surface area contributed by atoms with Gasteiger partial charge in [-0.2, -0.15) is 4.39 Å². The van der Waals surface area contributed by atoms with E-state index in [2.05, 4.69) is 25.6 Å². The van der Waals surface area contributed by atoms with Gasteiger partial charge in [-0.1, -0.05) is 0 Å². The molecule has 4 rings (SSSR count). The number of amides is 1. The lowest BCUT2D eigenvalue weighted by molar-refractivity contribution is 0.0963. The van der Waals surface area contributed by atoms with Crippen molar-refractivity contribution in [3.8, 4) is 11.3 Å². The van der Waals surface area contributed by atoms with Gasteiger partial charge >= 0.3 is 0 Å². The summed E-state index contributed by atoms with van der Waals surface area (Å²) in [7, 11) is 1.56. The number of aromatic amines is 1. The quantitative estimate of drug-likeness (QED) is 0.466. The maximum Gasteiger partial charge on any atom is 0.259 e. The molecule has 0 bridgehead atoms. The van der Waals surface area contributed by atoms with Crippen LogP contribution in [0.1, 0.15) is 10.4 Å². The molecule has 144 valence electrons. The third-order valence-corrected chi connectivity index (χ3v) is 4.41. The summed E-state index contributed by atoms with van der Waals surface area (Å²) >= 11 is 0. The van der Waals surface area contributed by atoms with E-state index in [0.29, 0.717) is 39.1 Å².